The second-order valence-electron chi connectivity index (χ2n) is 5.46. The van der Waals surface area contributed by atoms with Crippen LogP contribution in [0.25, 0.3) is 0 Å². The quantitative estimate of drug-likeness (QED) is 0.845. The van der Waals surface area contributed by atoms with Gasteiger partial charge in [0.1, 0.15) is 12.4 Å². The zero-order valence-electron chi connectivity index (χ0n) is 12.4. The molecule has 0 saturated heterocycles. The molecule has 0 spiro atoms. The number of anilines is 1. The van der Waals surface area contributed by atoms with Crippen molar-refractivity contribution in [2.24, 2.45) is 0 Å². The van der Waals surface area contributed by atoms with Gasteiger partial charge in [0.15, 0.2) is 0 Å². The number of rotatable bonds is 2. The van der Waals surface area contributed by atoms with Gasteiger partial charge in [0.25, 0.3) is 0 Å². The Morgan fingerprint density at radius 1 is 1.14 bits per heavy atom. The molecule has 2 aromatic rings. The predicted molar refractivity (Wildman–Crippen MR) is 83.9 cm³/mol. The molecule has 2 aromatic carbocycles. The predicted octanol–water partition coefficient (Wildman–Crippen LogP) is 3.27. The van der Waals surface area contributed by atoms with Gasteiger partial charge in [0.05, 0.1) is 18.7 Å². The number of hydrogen-bond acceptors (Lipinski definition) is 2. The number of nitrogens with zero attached hydrogens (tertiary/aromatic N) is 1. The monoisotopic (exact) mass is 281 g/mol. The molecule has 0 N–H and O–H groups in total. The first-order chi connectivity index (χ1) is 10.1. The lowest BCUT2D eigenvalue weighted by molar-refractivity contribution is -0.118. The van der Waals surface area contributed by atoms with Crippen LogP contribution in [0.3, 0.4) is 0 Å². The molecule has 0 aromatic heterocycles. The summed E-state index contributed by atoms with van der Waals surface area (Å²) in [5.74, 6) is 0.909. The van der Waals surface area contributed by atoms with Crippen molar-refractivity contribution in [3.05, 3.63) is 59.2 Å². The summed E-state index contributed by atoms with van der Waals surface area (Å²) in [6, 6.07) is 13.9. The van der Waals surface area contributed by atoms with E-state index >= 15 is 0 Å². The van der Waals surface area contributed by atoms with Crippen molar-refractivity contribution in [1.82, 2.24) is 0 Å². The maximum atomic E-state index is 12.6. The van der Waals surface area contributed by atoms with E-state index in [1.807, 2.05) is 35.2 Å². The van der Waals surface area contributed by atoms with Gasteiger partial charge in [-0.15, -0.1) is 0 Å². The Kier molecular flexibility index (Phi) is 3.65. The molecule has 0 saturated carbocycles. The normalized spacial score (nSPS) is 13.5. The third-order valence-electron chi connectivity index (χ3n) is 3.96. The van der Waals surface area contributed by atoms with Crippen molar-refractivity contribution in [2.75, 3.05) is 18.1 Å². The molecule has 0 unspecified atom stereocenters. The minimum absolute atomic E-state index is 0.119. The fourth-order valence-corrected chi connectivity index (χ4v) is 2.61. The van der Waals surface area contributed by atoms with Gasteiger partial charge in [-0.1, -0.05) is 30.3 Å². The van der Waals surface area contributed by atoms with Gasteiger partial charge in [-0.3, -0.25) is 4.79 Å². The van der Waals surface area contributed by atoms with Crippen LogP contribution in [0.2, 0.25) is 0 Å². The number of para-hydroxylation sites is 2. The number of amides is 1. The lowest BCUT2D eigenvalue weighted by Gasteiger charge is -2.29. The Hall–Kier alpha value is -2.29. The summed E-state index contributed by atoms with van der Waals surface area (Å²) >= 11 is 0. The highest BCUT2D eigenvalue weighted by Gasteiger charge is 2.23. The molecule has 0 radical (unpaired) electrons. The van der Waals surface area contributed by atoms with Crippen molar-refractivity contribution in [3.8, 4) is 5.75 Å². The van der Waals surface area contributed by atoms with Crippen LogP contribution < -0.4 is 9.64 Å². The van der Waals surface area contributed by atoms with E-state index in [1.54, 1.807) is 0 Å². The summed E-state index contributed by atoms with van der Waals surface area (Å²) in [6.07, 6.45) is 0.426. The Labute approximate surface area is 125 Å². The van der Waals surface area contributed by atoms with Crippen LogP contribution in [0.4, 0.5) is 5.69 Å². The summed E-state index contributed by atoms with van der Waals surface area (Å²) in [7, 11) is 0. The third-order valence-corrected chi connectivity index (χ3v) is 3.96. The molecule has 0 fully saturated rings. The first-order valence-corrected chi connectivity index (χ1v) is 7.23. The Morgan fingerprint density at radius 2 is 1.95 bits per heavy atom. The van der Waals surface area contributed by atoms with E-state index < -0.39 is 0 Å². The van der Waals surface area contributed by atoms with Crippen LogP contribution in [0, 0.1) is 13.8 Å². The van der Waals surface area contributed by atoms with Gasteiger partial charge in [0, 0.05) is 0 Å². The lowest BCUT2D eigenvalue weighted by atomic mass is 10.0. The summed E-state index contributed by atoms with van der Waals surface area (Å²) in [5, 5.41) is 0. The zero-order valence-corrected chi connectivity index (χ0v) is 12.4. The van der Waals surface area contributed by atoms with Gasteiger partial charge in [-0.05, 0) is 42.7 Å². The zero-order chi connectivity index (χ0) is 14.8. The average molecular weight is 281 g/mol. The number of aryl methyl sites for hydroxylation is 2. The van der Waals surface area contributed by atoms with E-state index in [-0.39, 0.29) is 5.91 Å². The van der Waals surface area contributed by atoms with Crippen molar-refractivity contribution in [2.45, 2.75) is 20.3 Å². The van der Waals surface area contributed by atoms with Crippen molar-refractivity contribution >= 4 is 11.6 Å². The SMILES string of the molecule is Cc1ccc(CC(=O)N2CCOc3ccccc32)cc1C. The summed E-state index contributed by atoms with van der Waals surface area (Å²) in [4.78, 5) is 14.4. The van der Waals surface area contributed by atoms with Gasteiger partial charge in [0.2, 0.25) is 5.91 Å². The number of ether oxygens (including phenoxy) is 1. The Morgan fingerprint density at radius 3 is 2.76 bits per heavy atom. The molecule has 0 atom stereocenters. The summed E-state index contributed by atoms with van der Waals surface area (Å²) in [6.45, 7) is 5.32. The molecule has 0 bridgehead atoms. The molecule has 1 heterocycles. The molecule has 21 heavy (non-hydrogen) atoms. The summed E-state index contributed by atoms with van der Waals surface area (Å²) < 4.78 is 5.60. The van der Waals surface area contributed by atoms with Crippen molar-refractivity contribution in [1.29, 1.82) is 0 Å². The van der Waals surface area contributed by atoms with Crippen LogP contribution in [0.5, 0.6) is 5.75 Å². The second kappa shape index (κ2) is 5.60. The molecule has 1 amide bonds. The first-order valence-electron chi connectivity index (χ1n) is 7.23. The summed E-state index contributed by atoms with van der Waals surface area (Å²) in [5.41, 5.74) is 4.41. The van der Waals surface area contributed by atoms with Crippen molar-refractivity contribution < 1.29 is 9.53 Å². The average Bonchev–Trinajstić information content (AvgIpc) is 2.50. The number of benzene rings is 2. The topological polar surface area (TPSA) is 29.5 Å². The van der Waals surface area contributed by atoms with E-state index in [4.69, 9.17) is 4.74 Å². The minimum atomic E-state index is 0.119. The highest BCUT2D eigenvalue weighted by Crippen LogP contribution is 2.31. The van der Waals surface area contributed by atoms with E-state index in [2.05, 4.69) is 26.0 Å². The molecular formula is C18H19NO2. The Balaban J connectivity index is 1.81. The lowest BCUT2D eigenvalue weighted by Crippen LogP contribution is -2.38. The van der Waals surface area contributed by atoms with Crippen LogP contribution in [-0.4, -0.2) is 19.1 Å². The maximum Gasteiger partial charge on any atom is 0.231 e. The molecule has 3 heteroatoms. The molecule has 108 valence electrons. The van der Waals surface area contributed by atoms with E-state index in [1.165, 1.54) is 11.1 Å². The van der Waals surface area contributed by atoms with Gasteiger partial charge in [-0.25, -0.2) is 0 Å². The van der Waals surface area contributed by atoms with Crippen molar-refractivity contribution in [3.63, 3.8) is 0 Å². The highest BCUT2D eigenvalue weighted by atomic mass is 16.5. The van der Waals surface area contributed by atoms with Gasteiger partial charge >= 0.3 is 0 Å². The van der Waals surface area contributed by atoms with Gasteiger partial charge in [-0.2, -0.15) is 0 Å². The molecule has 1 aliphatic heterocycles. The van der Waals surface area contributed by atoms with Crippen LogP contribution in [0.1, 0.15) is 16.7 Å². The number of hydrogen-bond donors (Lipinski definition) is 0. The largest absolute Gasteiger partial charge is 0.490 e. The second-order valence-corrected chi connectivity index (χ2v) is 5.46. The van der Waals surface area contributed by atoms with Gasteiger partial charge < -0.3 is 9.64 Å². The number of carbonyl (C=O) groups is 1. The van der Waals surface area contributed by atoms with E-state index in [9.17, 15) is 4.79 Å². The molecular weight excluding hydrogens is 262 g/mol. The molecule has 3 rings (SSSR count). The highest BCUT2D eigenvalue weighted by molar-refractivity contribution is 5.96. The van der Waals surface area contributed by atoms with E-state index in [0.717, 1.165) is 17.0 Å². The van der Waals surface area contributed by atoms with Crippen LogP contribution in [0.15, 0.2) is 42.5 Å². The maximum absolute atomic E-state index is 12.6. The standard InChI is InChI=1S/C18H19NO2/c1-13-7-8-15(11-14(13)2)12-18(20)19-9-10-21-17-6-4-3-5-16(17)19/h3-8,11H,9-10,12H2,1-2H3. The number of fused-ring (bicyclic) bond motifs is 1. The minimum Gasteiger partial charge on any atom is -0.490 e. The smallest absolute Gasteiger partial charge is 0.231 e. The molecule has 0 aliphatic carbocycles. The fraction of sp³-hybridized carbons (Fsp3) is 0.278. The molecule has 3 nitrogen and oxygen atoms in total. The molecule has 1 aliphatic rings. The Bertz CT molecular complexity index is 679. The van der Waals surface area contributed by atoms with Crippen LogP contribution >= 0.6 is 0 Å². The van der Waals surface area contributed by atoms with Crippen LogP contribution in [-0.2, 0) is 11.2 Å². The first kappa shape index (κ1) is 13.7. The number of carbonyl (C=O) groups excluding carboxylic acids is 1. The fourth-order valence-electron chi connectivity index (χ4n) is 2.61. The third kappa shape index (κ3) is 2.77. The van der Waals surface area contributed by atoms with E-state index in [0.29, 0.717) is 19.6 Å².